The van der Waals surface area contributed by atoms with Crippen LogP contribution >= 0.6 is 0 Å². The molecule has 0 radical (unpaired) electrons. The number of benzene rings is 1. The molecule has 1 aliphatic heterocycles. The molecule has 2 aromatic rings. The van der Waals surface area contributed by atoms with E-state index in [4.69, 9.17) is 4.98 Å². The van der Waals surface area contributed by atoms with Gasteiger partial charge in [-0.25, -0.2) is 9.97 Å². The van der Waals surface area contributed by atoms with E-state index in [1.54, 1.807) is 0 Å². The van der Waals surface area contributed by atoms with Crippen molar-refractivity contribution in [2.75, 3.05) is 13.1 Å². The minimum atomic E-state index is 0.155. The Labute approximate surface area is 149 Å². The van der Waals surface area contributed by atoms with E-state index in [0.717, 1.165) is 42.0 Å². The predicted molar refractivity (Wildman–Crippen MR) is 97.9 cm³/mol. The molecule has 4 nitrogen and oxygen atoms in total. The van der Waals surface area contributed by atoms with Gasteiger partial charge in [-0.2, -0.15) is 0 Å². The molecular weight excluding hydrogens is 310 g/mol. The largest absolute Gasteiger partial charge is 0.338 e. The van der Waals surface area contributed by atoms with Crippen molar-refractivity contribution < 1.29 is 4.79 Å². The fourth-order valence-corrected chi connectivity index (χ4v) is 4.32. The summed E-state index contributed by atoms with van der Waals surface area (Å²) in [7, 11) is 0. The summed E-state index contributed by atoms with van der Waals surface area (Å²) in [4.78, 5) is 24.3. The Morgan fingerprint density at radius 2 is 1.88 bits per heavy atom. The molecule has 2 aliphatic rings. The Morgan fingerprint density at radius 1 is 1.16 bits per heavy atom. The van der Waals surface area contributed by atoms with E-state index in [2.05, 4.69) is 24.9 Å². The lowest BCUT2D eigenvalue weighted by atomic mass is 9.97. The highest BCUT2D eigenvalue weighted by atomic mass is 16.2. The average Bonchev–Trinajstić information content (AvgIpc) is 3.10. The summed E-state index contributed by atoms with van der Waals surface area (Å²) in [6.45, 7) is 9.95. The number of amides is 1. The van der Waals surface area contributed by atoms with Crippen LogP contribution in [0.5, 0.6) is 0 Å². The lowest BCUT2D eigenvalue weighted by Gasteiger charge is -2.18. The van der Waals surface area contributed by atoms with Crippen molar-refractivity contribution >= 4 is 5.91 Å². The molecule has 0 N–H and O–H groups in total. The molecule has 1 amide bonds. The molecule has 4 rings (SSSR count). The van der Waals surface area contributed by atoms with Crippen LogP contribution < -0.4 is 0 Å². The highest BCUT2D eigenvalue weighted by Crippen LogP contribution is 2.42. The molecular formula is C21H25N3O. The van der Waals surface area contributed by atoms with Crippen LogP contribution in [0.4, 0.5) is 0 Å². The van der Waals surface area contributed by atoms with Crippen LogP contribution in [-0.4, -0.2) is 33.9 Å². The lowest BCUT2D eigenvalue weighted by Crippen LogP contribution is -2.29. The highest BCUT2D eigenvalue weighted by molar-refractivity contribution is 5.95. The van der Waals surface area contributed by atoms with Crippen molar-refractivity contribution in [2.45, 2.75) is 46.0 Å². The minimum absolute atomic E-state index is 0.155. The van der Waals surface area contributed by atoms with Gasteiger partial charge in [0, 0.05) is 42.4 Å². The highest BCUT2D eigenvalue weighted by Gasteiger charge is 2.42. The van der Waals surface area contributed by atoms with E-state index in [9.17, 15) is 4.79 Å². The van der Waals surface area contributed by atoms with Gasteiger partial charge in [0.25, 0.3) is 5.91 Å². The van der Waals surface area contributed by atoms with Gasteiger partial charge >= 0.3 is 0 Å². The van der Waals surface area contributed by atoms with E-state index in [-0.39, 0.29) is 5.91 Å². The Bertz CT molecular complexity index is 823. The molecule has 4 heteroatoms. The SMILES string of the molecule is Cc1cc(C)cc(C(=O)N2C[C@@H]3Cc4nc(C(C)C)ncc4[C@@H]3C2)c1. The van der Waals surface area contributed by atoms with Crippen LogP contribution in [0.2, 0.25) is 0 Å². The number of likely N-dealkylation sites (tertiary alicyclic amines) is 1. The molecule has 130 valence electrons. The molecule has 0 spiro atoms. The number of rotatable bonds is 2. The van der Waals surface area contributed by atoms with Gasteiger partial charge in [-0.3, -0.25) is 4.79 Å². The van der Waals surface area contributed by atoms with Crippen molar-refractivity contribution in [3.63, 3.8) is 0 Å². The van der Waals surface area contributed by atoms with E-state index < -0.39 is 0 Å². The number of nitrogens with zero attached hydrogens (tertiary/aromatic N) is 3. The zero-order valence-corrected chi connectivity index (χ0v) is 15.4. The maximum absolute atomic E-state index is 12.9. The second kappa shape index (κ2) is 5.94. The quantitative estimate of drug-likeness (QED) is 0.842. The summed E-state index contributed by atoms with van der Waals surface area (Å²) in [6, 6.07) is 6.10. The first kappa shape index (κ1) is 16.2. The smallest absolute Gasteiger partial charge is 0.253 e. The number of hydrogen-bond acceptors (Lipinski definition) is 3. The number of fused-ring (bicyclic) bond motifs is 3. The number of aromatic nitrogens is 2. The van der Waals surface area contributed by atoms with E-state index in [1.807, 2.05) is 37.1 Å². The Balaban J connectivity index is 1.55. The third-order valence-corrected chi connectivity index (χ3v) is 5.49. The zero-order chi connectivity index (χ0) is 17.7. The topological polar surface area (TPSA) is 46.1 Å². The average molecular weight is 335 g/mol. The molecule has 1 aromatic heterocycles. The molecule has 25 heavy (non-hydrogen) atoms. The Hall–Kier alpha value is -2.23. The first-order chi connectivity index (χ1) is 11.9. The third-order valence-electron chi connectivity index (χ3n) is 5.49. The van der Waals surface area contributed by atoms with Crippen LogP contribution in [0.25, 0.3) is 0 Å². The number of carbonyl (C=O) groups excluding carboxylic acids is 1. The minimum Gasteiger partial charge on any atom is -0.338 e. The van der Waals surface area contributed by atoms with Crippen molar-refractivity contribution in [3.8, 4) is 0 Å². The summed E-state index contributed by atoms with van der Waals surface area (Å²) in [5, 5.41) is 0. The summed E-state index contributed by atoms with van der Waals surface area (Å²) in [5.41, 5.74) is 5.55. The molecule has 1 aliphatic carbocycles. The van der Waals surface area contributed by atoms with Gasteiger partial charge in [0.05, 0.1) is 0 Å². The summed E-state index contributed by atoms with van der Waals surface area (Å²) >= 11 is 0. The molecule has 0 bridgehead atoms. The number of aryl methyl sites for hydroxylation is 2. The van der Waals surface area contributed by atoms with Crippen LogP contribution in [0.3, 0.4) is 0 Å². The van der Waals surface area contributed by atoms with Gasteiger partial charge in [-0.15, -0.1) is 0 Å². The Kier molecular flexibility index (Phi) is 3.86. The summed E-state index contributed by atoms with van der Waals surface area (Å²) < 4.78 is 0. The van der Waals surface area contributed by atoms with Gasteiger partial charge in [0.1, 0.15) is 5.82 Å². The molecule has 0 saturated carbocycles. The number of hydrogen-bond donors (Lipinski definition) is 0. The Morgan fingerprint density at radius 3 is 2.56 bits per heavy atom. The van der Waals surface area contributed by atoms with Crippen LogP contribution in [0.15, 0.2) is 24.4 Å². The molecule has 1 aromatic carbocycles. The maximum atomic E-state index is 12.9. The monoisotopic (exact) mass is 335 g/mol. The van der Waals surface area contributed by atoms with Gasteiger partial charge in [-0.1, -0.05) is 31.0 Å². The van der Waals surface area contributed by atoms with Gasteiger partial charge < -0.3 is 4.90 Å². The zero-order valence-electron chi connectivity index (χ0n) is 15.4. The standard InChI is InChI=1S/C21H25N3O/c1-12(2)20-22-9-17-18-11-24(10-16(18)8-19(17)23-20)21(25)15-6-13(3)5-14(4)7-15/h5-7,9,12,16,18H,8,10-11H2,1-4H3/t16-,18+/m0/s1. The van der Waals surface area contributed by atoms with Crippen molar-refractivity contribution in [3.05, 3.63) is 58.2 Å². The van der Waals surface area contributed by atoms with Crippen molar-refractivity contribution in [1.29, 1.82) is 0 Å². The molecule has 1 saturated heterocycles. The van der Waals surface area contributed by atoms with E-state index in [0.29, 0.717) is 17.8 Å². The summed E-state index contributed by atoms with van der Waals surface area (Å²) in [6.07, 6.45) is 2.98. The number of carbonyl (C=O) groups is 1. The van der Waals surface area contributed by atoms with Gasteiger partial charge in [0.15, 0.2) is 0 Å². The van der Waals surface area contributed by atoms with Crippen LogP contribution in [0.1, 0.15) is 64.2 Å². The molecule has 2 atom stereocenters. The van der Waals surface area contributed by atoms with Crippen LogP contribution in [-0.2, 0) is 6.42 Å². The first-order valence-electron chi connectivity index (χ1n) is 9.15. The van der Waals surface area contributed by atoms with Crippen molar-refractivity contribution in [2.24, 2.45) is 5.92 Å². The first-order valence-corrected chi connectivity index (χ1v) is 9.15. The normalized spacial score (nSPS) is 21.6. The molecule has 0 unspecified atom stereocenters. The second-order valence-electron chi connectivity index (χ2n) is 7.94. The fraction of sp³-hybridized carbons (Fsp3) is 0.476. The van der Waals surface area contributed by atoms with Gasteiger partial charge in [0.2, 0.25) is 0 Å². The second-order valence-corrected chi connectivity index (χ2v) is 7.94. The van der Waals surface area contributed by atoms with E-state index in [1.165, 1.54) is 11.3 Å². The van der Waals surface area contributed by atoms with E-state index >= 15 is 0 Å². The predicted octanol–water partition coefficient (Wildman–Crippen LogP) is 3.63. The third kappa shape index (κ3) is 2.84. The lowest BCUT2D eigenvalue weighted by molar-refractivity contribution is 0.0785. The van der Waals surface area contributed by atoms with Crippen molar-refractivity contribution in [1.82, 2.24) is 14.9 Å². The molecule has 1 fully saturated rings. The fourth-order valence-electron chi connectivity index (χ4n) is 4.32. The van der Waals surface area contributed by atoms with Gasteiger partial charge in [-0.05, 0) is 43.9 Å². The summed E-state index contributed by atoms with van der Waals surface area (Å²) in [5.74, 6) is 2.32. The van der Waals surface area contributed by atoms with Crippen LogP contribution in [0, 0.1) is 19.8 Å². The molecule has 2 heterocycles. The maximum Gasteiger partial charge on any atom is 0.253 e.